The Bertz CT molecular complexity index is 1240. The Labute approximate surface area is 201 Å². The number of carbonyl (C=O) groups excluding carboxylic acids is 1. The summed E-state index contributed by atoms with van der Waals surface area (Å²) in [6, 6.07) is 10.8. The van der Waals surface area contributed by atoms with Crippen LogP contribution in [0.5, 0.6) is 5.75 Å². The highest BCUT2D eigenvalue weighted by atomic mass is 19.3. The van der Waals surface area contributed by atoms with Crippen LogP contribution >= 0.6 is 0 Å². The maximum atomic E-state index is 13.2. The number of benzene rings is 2. The van der Waals surface area contributed by atoms with Gasteiger partial charge in [-0.05, 0) is 55.5 Å². The van der Waals surface area contributed by atoms with E-state index < -0.39 is 12.8 Å². The fourth-order valence-electron chi connectivity index (χ4n) is 5.28. The maximum absolute atomic E-state index is 13.2. The van der Waals surface area contributed by atoms with E-state index in [1.807, 2.05) is 32.0 Å². The molecule has 0 radical (unpaired) electrons. The van der Waals surface area contributed by atoms with Crippen LogP contribution in [0.15, 0.2) is 40.9 Å². The number of carbonyl (C=O) groups is 1. The van der Waals surface area contributed by atoms with Gasteiger partial charge in [0.15, 0.2) is 0 Å². The van der Waals surface area contributed by atoms with Crippen LogP contribution in [0.2, 0.25) is 0 Å². The van der Waals surface area contributed by atoms with Gasteiger partial charge in [-0.25, -0.2) is 8.78 Å². The Hall–Kier alpha value is -3.33. The molecule has 2 heterocycles. The number of β-amino-alcohol motifs (C(OH)–C–C–N with tert-alkyl or cyclic N) is 1. The second-order valence-corrected chi connectivity index (χ2v) is 9.30. The topological polar surface area (TPSA) is 88.7 Å². The van der Waals surface area contributed by atoms with Crippen molar-refractivity contribution < 1.29 is 27.9 Å². The molecule has 2 atom stereocenters. The zero-order chi connectivity index (χ0) is 24.7. The van der Waals surface area contributed by atoms with E-state index in [9.17, 15) is 18.7 Å². The van der Waals surface area contributed by atoms with Crippen molar-refractivity contribution in [3.05, 3.63) is 53.1 Å². The fourth-order valence-corrected chi connectivity index (χ4v) is 5.28. The predicted molar refractivity (Wildman–Crippen MR) is 124 cm³/mol. The van der Waals surface area contributed by atoms with Crippen LogP contribution in [0.3, 0.4) is 0 Å². The normalized spacial score (nSPS) is 19.1. The van der Waals surface area contributed by atoms with Gasteiger partial charge in [0.25, 0.3) is 5.89 Å². The van der Waals surface area contributed by atoms with Crippen LogP contribution in [0.1, 0.15) is 43.0 Å². The average molecular weight is 484 g/mol. The molecule has 1 N–H and O–H groups in total. The van der Waals surface area contributed by atoms with E-state index in [-0.39, 0.29) is 36.5 Å². The number of hydrogen-bond donors (Lipinski definition) is 1. The number of nitrogens with zero attached hydrogens (tertiary/aromatic N) is 3. The first-order valence-electron chi connectivity index (χ1n) is 11.8. The van der Waals surface area contributed by atoms with Crippen LogP contribution in [0, 0.1) is 5.92 Å². The highest BCUT2D eigenvalue weighted by molar-refractivity contribution is 5.81. The van der Waals surface area contributed by atoms with Crippen LogP contribution in [0.25, 0.3) is 22.8 Å². The number of rotatable bonds is 8. The van der Waals surface area contributed by atoms with Crippen molar-refractivity contribution in [2.75, 3.05) is 13.2 Å². The molecule has 1 aliphatic heterocycles. The summed E-state index contributed by atoms with van der Waals surface area (Å²) in [6.45, 7) is 3.92. The van der Waals surface area contributed by atoms with E-state index in [0.29, 0.717) is 42.1 Å². The molecule has 1 aliphatic carbocycles. The molecule has 5 rings (SSSR count). The van der Waals surface area contributed by atoms with Crippen molar-refractivity contribution >= 4 is 5.91 Å². The van der Waals surface area contributed by atoms with Gasteiger partial charge < -0.3 is 19.3 Å². The van der Waals surface area contributed by atoms with Gasteiger partial charge in [0, 0.05) is 36.1 Å². The molecule has 184 valence electrons. The van der Waals surface area contributed by atoms with E-state index in [2.05, 4.69) is 10.1 Å². The van der Waals surface area contributed by atoms with Gasteiger partial charge in [-0.15, -0.1) is 0 Å². The lowest BCUT2D eigenvalue weighted by molar-refractivity contribution is -0.129. The summed E-state index contributed by atoms with van der Waals surface area (Å²) in [4.78, 5) is 18.7. The van der Waals surface area contributed by atoms with Crippen molar-refractivity contribution in [1.82, 2.24) is 15.0 Å². The van der Waals surface area contributed by atoms with Gasteiger partial charge in [-0.2, -0.15) is 4.98 Å². The molecule has 1 aromatic heterocycles. The maximum Gasteiger partial charge on any atom is 0.258 e. The van der Waals surface area contributed by atoms with Crippen LogP contribution < -0.4 is 4.74 Å². The molecule has 1 saturated heterocycles. The molecule has 9 heteroatoms. The monoisotopic (exact) mass is 483 g/mol. The Morgan fingerprint density at radius 1 is 1.23 bits per heavy atom. The van der Waals surface area contributed by atoms with Gasteiger partial charge in [0.2, 0.25) is 18.2 Å². The molecule has 0 saturated carbocycles. The number of aliphatic hydroxyl groups excluding tert-OH is 1. The molecule has 35 heavy (non-hydrogen) atoms. The summed E-state index contributed by atoms with van der Waals surface area (Å²) in [7, 11) is 0. The highest BCUT2D eigenvalue weighted by Crippen LogP contribution is 2.49. The van der Waals surface area contributed by atoms with Crippen molar-refractivity contribution in [3.63, 3.8) is 0 Å². The third-order valence-corrected chi connectivity index (χ3v) is 6.59. The Morgan fingerprint density at radius 3 is 2.80 bits per heavy atom. The summed E-state index contributed by atoms with van der Waals surface area (Å²) in [5.41, 5.74) is 3.88. The number of aromatic nitrogens is 2. The first-order valence-corrected chi connectivity index (χ1v) is 11.8. The van der Waals surface area contributed by atoms with Crippen molar-refractivity contribution in [2.45, 2.75) is 51.7 Å². The quantitative estimate of drug-likeness (QED) is 0.510. The molecule has 7 nitrogen and oxygen atoms in total. The number of halogens is 2. The minimum atomic E-state index is -2.51. The van der Waals surface area contributed by atoms with Crippen LogP contribution in [-0.4, -0.2) is 51.7 Å². The predicted octanol–water partition coefficient (Wildman–Crippen LogP) is 4.44. The fraction of sp³-hybridized carbons (Fsp3) is 0.423. The van der Waals surface area contributed by atoms with Gasteiger partial charge in [-0.1, -0.05) is 23.4 Å². The van der Waals surface area contributed by atoms with Crippen molar-refractivity contribution in [2.24, 2.45) is 5.92 Å². The number of aliphatic hydroxyl groups is 1. The first-order chi connectivity index (χ1) is 16.9. The van der Waals surface area contributed by atoms with Crippen molar-refractivity contribution in [1.29, 1.82) is 0 Å². The van der Waals surface area contributed by atoms with Crippen LogP contribution in [0.4, 0.5) is 8.78 Å². The summed E-state index contributed by atoms with van der Waals surface area (Å²) >= 11 is 0. The molecule has 1 amide bonds. The highest BCUT2D eigenvalue weighted by Gasteiger charge is 2.46. The first kappa shape index (κ1) is 23.4. The molecule has 2 aromatic carbocycles. The minimum Gasteiger partial charge on any atom is -0.491 e. The Morgan fingerprint density at radius 2 is 2.06 bits per heavy atom. The molecular formula is C26H27F2N3O4. The standard InChI is InChI=1S/C26H27F2N3O4/c1-14(2)34-21-7-6-15(10-16(21)12-22(27)28)26-29-25(30-35-26)19-5-3-4-18-20(19)11-17-13-23(33)31(8-9-32)24(17)18/h3-7,10,14,17,22,24,32H,8-9,11-13H2,1-2H3. The average Bonchev–Trinajstić information content (AvgIpc) is 3.49. The molecular weight excluding hydrogens is 456 g/mol. The summed E-state index contributed by atoms with van der Waals surface area (Å²) in [5, 5.41) is 13.6. The van der Waals surface area contributed by atoms with E-state index in [0.717, 1.165) is 16.7 Å². The number of amides is 1. The second-order valence-electron chi connectivity index (χ2n) is 9.30. The minimum absolute atomic E-state index is 0.0543. The molecule has 0 spiro atoms. The smallest absolute Gasteiger partial charge is 0.258 e. The van der Waals surface area contributed by atoms with Gasteiger partial charge in [-0.3, -0.25) is 4.79 Å². The molecule has 3 aromatic rings. The summed E-state index contributed by atoms with van der Waals surface area (Å²) in [5.74, 6) is 1.28. The van der Waals surface area contributed by atoms with Gasteiger partial charge >= 0.3 is 0 Å². The van der Waals surface area contributed by atoms with Crippen LogP contribution in [-0.2, 0) is 17.6 Å². The SMILES string of the molecule is CC(C)Oc1ccc(-c2nc(-c3cccc4c3CC3CC(=O)N(CCO)C43)no2)cc1CC(F)F. The summed E-state index contributed by atoms with van der Waals surface area (Å²) < 4.78 is 37.6. The van der Waals surface area contributed by atoms with Gasteiger partial charge in [0.05, 0.1) is 18.8 Å². The number of hydrogen-bond acceptors (Lipinski definition) is 6. The third kappa shape index (κ3) is 4.40. The van der Waals surface area contributed by atoms with Crippen molar-refractivity contribution in [3.8, 4) is 28.6 Å². The van der Waals surface area contributed by atoms with E-state index >= 15 is 0 Å². The lowest BCUT2D eigenvalue weighted by Gasteiger charge is -2.24. The molecule has 2 aliphatic rings. The summed E-state index contributed by atoms with van der Waals surface area (Å²) in [6.07, 6.45) is -1.92. The zero-order valence-electron chi connectivity index (χ0n) is 19.6. The van der Waals surface area contributed by atoms with E-state index in [1.165, 1.54) is 0 Å². The number of alkyl halides is 2. The molecule has 0 bridgehead atoms. The number of fused-ring (bicyclic) bond motifs is 3. The zero-order valence-corrected chi connectivity index (χ0v) is 19.6. The van der Waals surface area contributed by atoms with Gasteiger partial charge in [0.1, 0.15) is 5.75 Å². The Balaban J connectivity index is 1.47. The number of likely N-dealkylation sites (tertiary alicyclic amines) is 1. The molecule has 2 unspecified atom stereocenters. The second kappa shape index (κ2) is 9.37. The largest absolute Gasteiger partial charge is 0.491 e. The lowest BCUT2D eigenvalue weighted by Crippen LogP contribution is -2.30. The third-order valence-electron chi connectivity index (χ3n) is 6.59. The molecule has 1 fully saturated rings. The lowest BCUT2D eigenvalue weighted by atomic mass is 10.0. The van der Waals surface area contributed by atoms with E-state index in [4.69, 9.17) is 9.26 Å². The van der Waals surface area contributed by atoms with E-state index in [1.54, 1.807) is 23.1 Å². The number of ether oxygens (including phenoxy) is 1. The Kier molecular flexibility index (Phi) is 6.27.